The van der Waals surface area contributed by atoms with Crippen LogP contribution < -0.4 is 19.5 Å². The van der Waals surface area contributed by atoms with Crippen molar-refractivity contribution in [1.82, 2.24) is 10.0 Å². The molecule has 1 saturated heterocycles. The SMILES string of the molecule is COc1cc(CNC(=O)c2ccc(S(=O)(=O)NCCC#N)cc2)ccc1OCC1CCCO1. The number of nitrogens with one attached hydrogen (secondary N) is 2. The van der Waals surface area contributed by atoms with E-state index in [1.165, 1.54) is 24.3 Å². The highest BCUT2D eigenvalue weighted by Gasteiger charge is 2.18. The molecule has 1 unspecified atom stereocenters. The Morgan fingerprint density at radius 3 is 2.67 bits per heavy atom. The van der Waals surface area contributed by atoms with Gasteiger partial charge in [0.2, 0.25) is 10.0 Å². The topological polar surface area (TPSA) is 127 Å². The molecule has 0 radical (unpaired) electrons. The number of carbonyl (C=O) groups excluding carboxylic acids is 1. The van der Waals surface area contributed by atoms with Crippen molar-refractivity contribution in [3.8, 4) is 17.6 Å². The molecule has 0 bridgehead atoms. The zero-order valence-corrected chi connectivity index (χ0v) is 19.2. The molecule has 1 atom stereocenters. The summed E-state index contributed by atoms with van der Waals surface area (Å²) in [5.74, 6) is 0.843. The summed E-state index contributed by atoms with van der Waals surface area (Å²) < 4.78 is 43.4. The third-order valence-electron chi connectivity index (χ3n) is 5.09. The second-order valence-corrected chi connectivity index (χ2v) is 9.21. The first-order chi connectivity index (χ1) is 15.9. The van der Waals surface area contributed by atoms with Crippen LogP contribution in [0.5, 0.6) is 11.5 Å². The second kappa shape index (κ2) is 11.7. The quantitative estimate of drug-likeness (QED) is 0.480. The number of hydrogen-bond acceptors (Lipinski definition) is 7. The molecule has 10 heteroatoms. The summed E-state index contributed by atoms with van der Waals surface area (Å²) in [5, 5.41) is 11.3. The van der Waals surface area contributed by atoms with E-state index in [1.807, 2.05) is 12.1 Å². The van der Waals surface area contributed by atoms with Gasteiger partial charge in [0.25, 0.3) is 5.91 Å². The Balaban J connectivity index is 1.55. The summed E-state index contributed by atoms with van der Waals surface area (Å²) >= 11 is 0. The molecule has 2 aromatic rings. The standard InChI is InChI=1S/C23H27N3O6S/c1-30-22-14-17(5-10-21(22)32-16-19-4-2-13-31-19)15-25-23(27)18-6-8-20(9-7-18)33(28,29)26-12-3-11-24/h5-10,14,19,26H,2-4,12-13,15-16H2,1H3,(H,25,27). The van der Waals surface area contributed by atoms with Crippen LogP contribution in [-0.2, 0) is 21.3 Å². The van der Waals surface area contributed by atoms with E-state index in [-0.39, 0.29) is 36.4 Å². The van der Waals surface area contributed by atoms with Crippen molar-refractivity contribution in [1.29, 1.82) is 5.26 Å². The highest BCUT2D eigenvalue weighted by Crippen LogP contribution is 2.29. The first kappa shape index (κ1) is 24.5. The summed E-state index contributed by atoms with van der Waals surface area (Å²) in [5.41, 5.74) is 1.15. The zero-order valence-electron chi connectivity index (χ0n) is 18.4. The molecule has 0 aromatic heterocycles. The van der Waals surface area contributed by atoms with Crippen molar-refractivity contribution in [2.45, 2.75) is 36.8 Å². The van der Waals surface area contributed by atoms with Crippen LogP contribution in [0.4, 0.5) is 0 Å². The van der Waals surface area contributed by atoms with Gasteiger partial charge in [0.1, 0.15) is 6.61 Å². The summed E-state index contributed by atoms with van der Waals surface area (Å²) in [6.07, 6.45) is 2.20. The van der Waals surface area contributed by atoms with Gasteiger partial charge in [-0.2, -0.15) is 5.26 Å². The average Bonchev–Trinajstić information content (AvgIpc) is 3.35. The molecule has 0 saturated carbocycles. The lowest BCUT2D eigenvalue weighted by atomic mass is 10.1. The summed E-state index contributed by atoms with van der Waals surface area (Å²) in [6.45, 7) is 1.52. The van der Waals surface area contributed by atoms with Crippen molar-refractivity contribution in [3.05, 3.63) is 53.6 Å². The van der Waals surface area contributed by atoms with Crippen molar-refractivity contribution in [2.75, 3.05) is 26.9 Å². The molecule has 176 valence electrons. The van der Waals surface area contributed by atoms with Crippen LogP contribution >= 0.6 is 0 Å². The van der Waals surface area contributed by atoms with Gasteiger partial charge in [-0.05, 0) is 54.8 Å². The first-order valence-corrected chi connectivity index (χ1v) is 12.1. The Morgan fingerprint density at radius 1 is 1.21 bits per heavy atom. The monoisotopic (exact) mass is 473 g/mol. The predicted molar refractivity (Wildman–Crippen MR) is 120 cm³/mol. The largest absolute Gasteiger partial charge is 0.493 e. The minimum Gasteiger partial charge on any atom is -0.493 e. The number of methoxy groups -OCH3 is 1. The van der Waals surface area contributed by atoms with Crippen LogP contribution in [-0.4, -0.2) is 47.3 Å². The summed E-state index contributed by atoms with van der Waals surface area (Å²) in [4.78, 5) is 12.5. The Morgan fingerprint density at radius 2 is 2.00 bits per heavy atom. The normalized spacial score (nSPS) is 15.6. The van der Waals surface area contributed by atoms with Gasteiger partial charge >= 0.3 is 0 Å². The van der Waals surface area contributed by atoms with Gasteiger partial charge in [-0.25, -0.2) is 13.1 Å². The van der Waals surface area contributed by atoms with E-state index in [4.69, 9.17) is 19.5 Å². The maximum atomic E-state index is 12.5. The second-order valence-electron chi connectivity index (χ2n) is 7.44. The smallest absolute Gasteiger partial charge is 0.251 e. The molecular formula is C23H27N3O6S. The van der Waals surface area contributed by atoms with Gasteiger partial charge < -0.3 is 19.5 Å². The third kappa shape index (κ3) is 6.92. The number of benzene rings is 2. The van der Waals surface area contributed by atoms with Crippen molar-refractivity contribution in [3.63, 3.8) is 0 Å². The van der Waals surface area contributed by atoms with Crippen molar-refractivity contribution >= 4 is 15.9 Å². The number of carbonyl (C=O) groups is 1. The van der Waals surface area contributed by atoms with E-state index in [2.05, 4.69) is 10.0 Å². The zero-order chi connectivity index (χ0) is 23.7. The Hall–Kier alpha value is -3.13. The number of ether oxygens (including phenoxy) is 3. The highest BCUT2D eigenvalue weighted by molar-refractivity contribution is 7.89. The van der Waals surface area contributed by atoms with Gasteiger partial charge in [-0.3, -0.25) is 4.79 Å². The van der Waals surface area contributed by atoms with E-state index in [9.17, 15) is 13.2 Å². The lowest BCUT2D eigenvalue weighted by molar-refractivity contribution is 0.0669. The molecule has 1 aliphatic heterocycles. The fraction of sp³-hybridized carbons (Fsp3) is 0.391. The molecule has 3 rings (SSSR count). The maximum Gasteiger partial charge on any atom is 0.251 e. The van der Waals surface area contributed by atoms with Crippen LogP contribution in [0, 0.1) is 11.3 Å². The fourth-order valence-corrected chi connectivity index (χ4v) is 4.33. The molecular weight excluding hydrogens is 446 g/mol. The molecule has 1 fully saturated rings. The lowest BCUT2D eigenvalue weighted by Crippen LogP contribution is -2.25. The molecule has 1 heterocycles. The van der Waals surface area contributed by atoms with Gasteiger partial charge in [0.05, 0.1) is 24.2 Å². The molecule has 33 heavy (non-hydrogen) atoms. The van der Waals surface area contributed by atoms with Gasteiger partial charge in [-0.15, -0.1) is 0 Å². The Kier molecular flexibility index (Phi) is 8.65. The third-order valence-corrected chi connectivity index (χ3v) is 6.56. The molecule has 1 aliphatic rings. The minimum absolute atomic E-state index is 0.0281. The number of nitrogens with zero attached hydrogens (tertiary/aromatic N) is 1. The minimum atomic E-state index is -3.72. The molecule has 2 N–H and O–H groups in total. The highest BCUT2D eigenvalue weighted by atomic mass is 32.2. The lowest BCUT2D eigenvalue weighted by Gasteiger charge is -2.15. The van der Waals surface area contributed by atoms with E-state index in [0.717, 1.165) is 25.0 Å². The van der Waals surface area contributed by atoms with Gasteiger partial charge in [-0.1, -0.05) is 6.07 Å². The maximum absolute atomic E-state index is 12.5. The molecule has 1 amide bonds. The number of rotatable bonds is 11. The van der Waals surface area contributed by atoms with E-state index in [1.54, 1.807) is 19.2 Å². The van der Waals surface area contributed by atoms with E-state index >= 15 is 0 Å². The Labute approximate surface area is 193 Å². The molecule has 9 nitrogen and oxygen atoms in total. The molecule has 0 spiro atoms. The first-order valence-electron chi connectivity index (χ1n) is 10.6. The van der Waals surface area contributed by atoms with Crippen LogP contribution in [0.15, 0.2) is 47.4 Å². The van der Waals surface area contributed by atoms with E-state index < -0.39 is 10.0 Å². The predicted octanol–water partition coefficient (Wildman–Crippen LogP) is 2.37. The van der Waals surface area contributed by atoms with Crippen molar-refractivity contribution in [2.24, 2.45) is 0 Å². The fourth-order valence-electron chi connectivity index (χ4n) is 3.29. The van der Waals surface area contributed by atoms with Crippen LogP contribution in [0.25, 0.3) is 0 Å². The molecule has 2 aromatic carbocycles. The number of amides is 1. The van der Waals surface area contributed by atoms with Crippen LogP contribution in [0.3, 0.4) is 0 Å². The van der Waals surface area contributed by atoms with Crippen LogP contribution in [0.2, 0.25) is 0 Å². The number of sulfonamides is 1. The number of nitriles is 1. The van der Waals surface area contributed by atoms with Crippen molar-refractivity contribution < 1.29 is 27.4 Å². The van der Waals surface area contributed by atoms with Crippen LogP contribution in [0.1, 0.15) is 35.2 Å². The number of hydrogen-bond donors (Lipinski definition) is 2. The summed E-state index contributed by atoms with van der Waals surface area (Å²) in [6, 6.07) is 12.9. The Bertz CT molecular complexity index is 1090. The average molecular weight is 474 g/mol. The van der Waals surface area contributed by atoms with Gasteiger partial charge in [0.15, 0.2) is 11.5 Å². The summed E-state index contributed by atoms with van der Waals surface area (Å²) in [7, 11) is -2.16. The molecule has 0 aliphatic carbocycles. The van der Waals surface area contributed by atoms with Gasteiger partial charge in [0, 0.05) is 31.7 Å². The van der Waals surface area contributed by atoms with E-state index in [0.29, 0.717) is 23.7 Å².